The molecule has 1 aliphatic rings. The van der Waals surface area contributed by atoms with E-state index in [4.69, 9.17) is 5.11 Å². The Morgan fingerprint density at radius 3 is 2.22 bits per heavy atom. The number of rotatable bonds is 1. The molecule has 0 amide bonds. The van der Waals surface area contributed by atoms with Gasteiger partial charge in [-0.1, -0.05) is 39.0 Å². The largest absolute Gasteiger partial charge is 0.478 e. The number of carbonyl (C=O) groups excluding carboxylic acids is 2. The van der Waals surface area contributed by atoms with Crippen molar-refractivity contribution in [1.29, 1.82) is 0 Å². The topological polar surface area (TPSA) is 71.4 Å². The second kappa shape index (κ2) is 4.88. The minimum atomic E-state index is -1.12. The van der Waals surface area contributed by atoms with E-state index in [0.717, 1.165) is 5.56 Å². The van der Waals surface area contributed by atoms with E-state index in [9.17, 15) is 14.4 Å². The standard InChI is InChI=1S/C19H16O4/c1-19(2,3)14-6-4-5-12-15(14)17(21)11-8-7-10(18(22)23)9-13(11)16(12)20/h4-9H,1-3H3,(H,22,23). The van der Waals surface area contributed by atoms with Gasteiger partial charge in [0.25, 0.3) is 0 Å². The third-order valence-electron chi connectivity index (χ3n) is 4.10. The highest BCUT2D eigenvalue weighted by molar-refractivity contribution is 6.29. The van der Waals surface area contributed by atoms with Gasteiger partial charge in [-0.15, -0.1) is 0 Å². The molecule has 0 heterocycles. The summed E-state index contributed by atoms with van der Waals surface area (Å²) in [7, 11) is 0. The van der Waals surface area contributed by atoms with Gasteiger partial charge in [0.15, 0.2) is 11.6 Å². The first-order valence-corrected chi connectivity index (χ1v) is 7.32. The van der Waals surface area contributed by atoms with Crippen molar-refractivity contribution in [3.63, 3.8) is 0 Å². The highest BCUT2D eigenvalue weighted by atomic mass is 16.4. The van der Waals surface area contributed by atoms with E-state index < -0.39 is 5.97 Å². The van der Waals surface area contributed by atoms with Crippen LogP contribution in [0, 0.1) is 0 Å². The highest BCUT2D eigenvalue weighted by Gasteiger charge is 2.34. The van der Waals surface area contributed by atoms with Crippen LogP contribution in [0.25, 0.3) is 0 Å². The summed E-state index contributed by atoms with van der Waals surface area (Å²) in [6.45, 7) is 5.97. The number of carboxylic acid groups (broad SMARTS) is 1. The van der Waals surface area contributed by atoms with Gasteiger partial charge in [0.05, 0.1) is 5.56 Å². The summed E-state index contributed by atoms with van der Waals surface area (Å²) in [6, 6.07) is 9.32. The molecule has 0 saturated heterocycles. The Hall–Kier alpha value is -2.75. The van der Waals surface area contributed by atoms with Crippen LogP contribution in [0.3, 0.4) is 0 Å². The Labute approximate surface area is 133 Å². The molecule has 0 atom stereocenters. The van der Waals surface area contributed by atoms with Crippen molar-refractivity contribution in [3.8, 4) is 0 Å². The van der Waals surface area contributed by atoms with E-state index in [0.29, 0.717) is 11.1 Å². The second-order valence-corrected chi connectivity index (χ2v) is 6.70. The minimum Gasteiger partial charge on any atom is -0.478 e. The molecule has 0 unspecified atom stereocenters. The fourth-order valence-electron chi connectivity index (χ4n) is 2.95. The van der Waals surface area contributed by atoms with Crippen molar-refractivity contribution in [2.45, 2.75) is 26.2 Å². The lowest BCUT2D eigenvalue weighted by molar-refractivity contribution is 0.0696. The molecular formula is C19H16O4. The van der Waals surface area contributed by atoms with Crippen molar-refractivity contribution in [1.82, 2.24) is 0 Å². The quantitative estimate of drug-likeness (QED) is 0.747. The number of hydrogen-bond donors (Lipinski definition) is 1. The number of benzene rings is 2. The summed E-state index contributed by atoms with van der Waals surface area (Å²) in [6.07, 6.45) is 0. The molecule has 0 aromatic heterocycles. The fraction of sp³-hybridized carbons (Fsp3) is 0.211. The summed E-state index contributed by atoms with van der Waals surface area (Å²) in [5, 5.41) is 9.09. The van der Waals surface area contributed by atoms with Crippen LogP contribution >= 0.6 is 0 Å². The van der Waals surface area contributed by atoms with E-state index in [1.54, 1.807) is 12.1 Å². The van der Waals surface area contributed by atoms with Crippen LogP contribution < -0.4 is 0 Å². The molecule has 0 bridgehead atoms. The molecule has 0 fully saturated rings. The van der Waals surface area contributed by atoms with E-state index in [2.05, 4.69) is 0 Å². The first kappa shape index (κ1) is 15.2. The molecule has 2 aromatic carbocycles. The van der Waals surface area contributed by atoms with Crippen LogP contribution in [-0.2, 0) is 5.41 Å². The zero-order valence-electron chi connectivity index (χ0n) is 13.1. The van der Waals surface area contributed by atoms with Crippen molar-refractivity contribution in [2.24, 2.45) is 0 Å². The number of ketones is 2. The average molecular weight is 308 g/mol. The first-order chi connectivity index (χ1) is 10.7. The highest BCUT2D eigenvalue weighted by Crippen LogP contribution is 2.35. The molecular weight excluding hydrogens is 292 g/mol. The molecule has 1 N–H and O–H groups in total. The lowest BCUT2D eigenvalue weighted by Gasteiger charge is -2.27. The lowest BCUT2D eigenvalue weighted by Crippen LogP contribution is -2.26. The van der Waals surface area contributed by atoms with Gasteiger partial charge in [-0.2, -0.15) is 0 Å². The number of aromatic carboxylic acids is 1. The van der Waals surface area contributed by atoms with E-state index >= 15 is 0 Å². The van der Waals surface area contributed by atoms with Gasteiger partial charge in [-0.3, -0.25) is 9.59 Å². The third-order valence-corrected chi connectivity index (χ3v) is 4.10. The van der Waals surface area contributed by atoms with Crippen molar-refractivity contribution in [2.75, 3.05) is 0 Å². The summed E-state index contributed by atoms with van der Waals surface area (Å²) in [5.41, 5.74) is 1.75. The van der Waals surface area contributed by atoms with Gasteiger partial charge in [0, 0.05) is 22.3 Å². The van der Waals surface area contributed by atoms with E-state index in [-0.39, 0.29) is 33.7 Å². The van der Waals surface area contributed by atoms with Gasteiger partial charge >= 0.3 is 5.97 Å². The molecule has 116 valence electrons. The van der Waals surface area contributed by atoms with Gasteiger partial charge in [-0.05, 0) is 29.2 Å². The monoisotopic (exact) mass is 308 g/mol. The normalized spacial score (nSPS) is 13.5. The maximum atomic E-state index is 12.9. The Morgan fingerprint density at radius 1 is 0.913 bits per heavy atom. The SMILES string of the molecule is CC(C)(C)c1cccc2c1C(=O)c1ccc(C(=O)O)cc1C2=O. The van der Waals surface area contributed by atoms with Crippen molar-refractivity contribution < 1.29 is 19.5 Å². The Kier molecular flexibility index (Phi) is 3.22. The number of carbonyl (C=O) groups is 3. The molecule has 3 rings (SSSR count). The van der Waals surface area contributed by atoms with E-state index in [1.165, 1.54) is 18.2 Å². The van der Waals surface area contributed by atoms with Gasteiger partial charge in [0.2, 0.25) is 0 Å². The second-order valence-electron chi connectivity index (χ2n) is 6.70. The van der Waals surface area contributed by atoms with Gasteiger partial charge in [0.1, 0.15) is 0 Å². The summed E-state index contributed by atoms with van der Waals surface area (Å²) < 4.78 is 0. The Balaban J connectivity index is 2.29. The smallest absolute Gasteiger partial charge is 0.335 e. The van der Waals surface area contributed by atoms with Crippen molar-refractivity contribution >= 4 is 17.5 Å². The molecule has 1 aliphatic carbocycles. The predicted molar refractivity (Wildman–Crippen MR) is 85.4 cm³/mol. The molecule has 0 saturated carbocycles. The van der Waals surface area contributed by atoms with Crippen LogP contribution in [0.15, 0.2) is 36.4 Å². The van der Waals surface area contributed by atoms with Crippen molar-refractivity contribution in [3.05, 3.63) is 69.8 Å². The van der Waals surface area contributed by atoms with E-state index in [1.807, 2.05) is 26.8 Å². The average Bonchev–Trinajstić information content (AvgIpc) is 2.50. The van der Waals surface area contributed by atoms with Crippen LogP contribution in [0.2, 0.25) is 0 Å². The molecule has 4 heteroatoms. The number of hydrogen-bond acceptors (Lipinski definition) is 3. The van der Waals surface area contributed by atoms with Gasteiger partial charge < -0.3 is 5.11 Å². The van der Waals surface area contributed by atoms with Crippen LogP contribution in [0.4, 0.5) is 0 Å². The molecule has 0 spiro atoms. The van der Waals surface area contributed by atoms with Gasteiger partial charge in [-0.25, -0.2) is 4.79 Å². The fourth-order valence-corrected chi connectivity index (χ4v) is 2.95. The molecule has 23 heavy (non-hydrogen) atoms. The van der Waals surface area contributed by atoms with Crippen LogP contribution in [-0.4, -0.2) is 22.6 Å². The molecule has 4 nitrogen and oxygen atoms in total. The zero-order valence-corrected chi connectivity index (χ0v) is 13.1. The Bertz CT molecular complexity index is 869. The minimum absolute atomic E-state index is 0.000302. The number of carboxylic acids is 1. The summed E-state index contributed by atoms with van der Waals surface area (Å²) >= 11 is 0. The molecule has 0 radical (unpaired) electrons. The van der Waals surface area contributed by atoms with Crippen LogP contribution in [0.1, 0.15) is 68.5 Å². The summed E-state index contributed by atoms with van der Waals surface area (Å²) in [4.78, 5) is 36.8. The molecule has 2 aromatic rings. The predicted octanol–water partition coefficient (Wildman–Crippen LogP) is 3.46. The third kappa shape index (κ3) is 2.27. The molecule has 0 aliphatic heterocycles. The first-order valence-electron chi connectivity index (χ1n) is 7.32. The zero-order chi connectivity index (χ0) is 16.9. The van der Waals surface area contributed by atoms with Crippen LogP contribution in [0.5, 0.6) is 0 Å². The summed E-state index contributed by atoms with van der Waals surface area (Å²) in [5.74, 6) is -1.65. The maximum absolute atomic E-state index is 12.9. The lowest BCUT2D eigenvalue weighted by atomic mass is 9.75. The Morgan fingerprint density at radius 2 is 1.61 bits per heavy atom. The number of fused-ring (bicyclic) bond motifs is 2. The maximum Gasteiger partial charge on any atom is 0.335 e.